The molecule has 2 N–H and O–H groups in total. The molecule has 0 saturated heterocycles. The van der Waals surface area contributed by atoms with Crippen molar-refractivity contribution in [3.05, 3.63) is 70.8 Å². The summed E-state index contributed by atoms with van der Waals surface area (Å²) >= 11 is 0. The van der Waals surface area contributed by atoms with Crippen molar-refractivity contribution in [2.75, 3.05) is 20.6 Å². The zero-order valence-corrected chi connectivity index (χ0v) is 21.5. The van der Waals surface area contributed by atoms with E-state index < -0.39 is 10.0 Å². The summed E-state index contributed by atoms with van der Waals surface area (Å²) in [6.45, 7) is 13.1. The molecule has 0 unspecified atom stereocenters. The molecule has 0 spiro atoms. The number of benzene rings is 2. The summed E-state index contributed by atoms with van der Waals surface area (Å²) in [5.41, 5.74) is 7.51. The van der Waals surface area contributed by atoms with Crippen LogP contribution in [0.4, 0.5) is 0 Å². The van der Waals surface area contributed by atoms with Crippen molar-refractivity contribution in [1.82, 2.24) is 15.2 Å². The lowest BCUT2D eigenvalue weighted by Crippen LogP contribution is -2.37. The van der Waals surface area contributed by atoms with Crippen molar-refractivity contribution in [2.24, 2.45) is 0 Å². The molecule has 0 aliphatic rings. The van der Waals surface area contributed by atoms with Crippen LogP contribution in [-0.2, 0) is 10.0 Å². The van der Waals surface area contributed by atoms with Crippen LogP contribution in [0.3, 0.4) is 0 Å². The van der Waals surface area contributed by atoms with Crippen molar-refractivity contribution < 1.29 is 8.42 Å². The molecule has 6 heteroatoms. The van der Waals surface area contributed by atoms with Gasteiger partial charge in [0.05, 0.1) is 10.6 Å². The molecule has 0 aliphatic heterocycles. The summed E-state index contributed by atoms with van der Waals surface area (Å²) in [5, 5.41) is 0. The fraction of sp³-hybridized carbons (Fsp3) is 0.462. The van der Waals surface area contributed by atoms with Gasteiger partial charge in [0.25, 0.3) is 10.0 Å². The molecular formula is C26H39N3O2S. The van der Waals surface area contributed by atoms with E-state index in [1.165, 1.54) is 5.56 Å². The summed E-state index contributed by atoms with van der Waals surface area (Å²) in [6.07, 6.45) is 1.98. The number of nitrogens with zero attached hydrogens (tertiary/aromatic N) is 1. The molecule has 0 radical (unpaired) electrons. The van der Waals surface area contributed by atoms with Crippen LogP contribution in [0.15, 0.2) is 53.4 Å². The quantitative estimate of drug-likeness (QED) is 0.466. The number of likely N-dealkylation sites (N-methyl/N-ethyl adjacent to an activating group) is 1. The third-order valence-corrected chi connectivity index (χ3v) is 6.79. The van der Waals surface area contributed by atoms with E-state index in [0.717, 1.165) is 22.4 Å². The Labute approximate surface area is 194 Å². The predicted molar refractivity (Wildman–Crippen MR) is 135 cm³/mol. The lowest BCUT2D eigenvalue weighted by atomic mass is 9.89. The van der Waals surface area contributed by atoms with Crippen LogP contribution < -0.4 is 10.3 Å². The Balaban J connectivity index is 2.51. The third-order valence-electron chi connectivity index (χ3n) is 5.41. The van der Waals surface area contributed by atoms with E-state index in [4.69, 9.17) is 0 Å². The number of hydrogen-bond donors (Lipinski definition) is 2. The number of hydrogen-bond acceptors (Lipinski definition) is 4. The van der Waals surface area contributed by atoms with Gasteiger partial charge < -0.3 is 10.3 Å². The lowest BCUT2D eigenvalue weighted by molar-refractivity contribution is 0.456. The van der Waals surface area contributed by atoms with Gasteiger partial charge in [-0.15, -0.1) is 4.83 Å². The molecule has 0 atom stereocenters. The molecule has 32 heavy (non-hydrogen) atoms. The monoisotopic (exact) mass is 457 g/mol. The fourth-order valence-electron chi connectivity index (χ4n) is 3.51. The SMILES string of the molecule is CC(C)c1cc(C(C)C)c(S(=O)(=O)NNC(=CCN(C)C)c2ccccc2)c(C(C)C)c1. The van der Waals surface area contributed by atoms with Gasteiger partial charge in [-0.05, 0) is 60.2 Å². The zero-order chi connectivity index (χ0) is 24.1. The minimum Gasteiger partial charge on any atom is -0.308 e. The first kappa shape index (κ1) is 26.1. The van der Waals surface area contributed by atoms with Crippen LogP contribution in [0, 0.1) is 0 Å². The van der Waals surface area contributed by atoms with Gasteiger partial charge in [0.1, 0.15) is 0 Å². The summed E-state index contributed by atoms with van der Waals surface area (Å²) in [6, 6.07) is 13.8. The highest BCUT2D eigenvalue weighted by Gasteiger charge is 2.27. The molecule has 0 bridgehead atoms. The van der Waals surface area contributed by atoms with Gasteiger partial charge in [-0.2, -0.15) is 0 Å². The molecule has 5 nitrogen and oxygen atoms in total. The van der Waals surface area contributed by atoms with Gasteiger partial charge in [0, 0.05) is 6.54 Å². The molecule has 0 heterocycles. The van der Waals surface area contributed by atoms with Crippen molar-refractivity contribution in [3.63, 3.8) is 0 Å². The number of hydrazine groups is 1. The average molecular weight is 458 g/mol. The Morgan fingerprint density at radius 1 is 0.906 bits per heavy atom. The smallest absolute Gasteiger partial charge is 0.257 e. The van der Waals surface area contributed by atoms with Gasteiger partial charge in [0.15, 0.2) is 0 Å². The van der Waals surface area contributed by atoms with E-state index in [1.807, 2.05) is 83.1 Å². The summed E-state index contributed by atoms with van der Waals surface area (Å²) in [4.78, 5) is 5.09. The normalized spacial score (nSPS) is 12.9. The molecule has 2 aromatic rings. The molecule has 0 aromatic heterocycles. The van der Waals surface area contributed by atoms with Gasteiger partial charge in [-0.3, -0.25) is 0 Å². The van der Waals surface area contributed by atoms with E-state index in [9.17, 15) is 8.42 Å². The molecule has 2 rings (SSSR count). The molecule has 0 fully saturated rings. The maximum Gasteiger partial charge on any atom is 0.257 e. The first-order chi connectivity index (χ1) is 14.9. The molecular weight excluding hydrogens is 418 g/mol. The standard InChI is InChI=1S/C26H39N3O2S/c1-18(2)22-16-23(19(3)4)26(24(17-22)20(5)6)32(30,31)28-27-25(14-15-29(7)8)21-12-10-9-11-13-21/h9-14,16-20,27-28H,15H2,1-8H3. The van der Waals surface area contributed by atoms with Crippen molar-refractivity contribution in [3.8, 4) is 0 Å². The van der Waals surface area contributed by atoms with Gasteiger partial charge >= 0.3 is 0 Å². The highest BCUT2D eigenvalue weighted by molar-refractivity contribution is 7.89. The summed E-state index contributed by atoms with van der Waals surface area (Å²) in [7, 11) is 0.140. The van der Waals surface area contributed by atoms with Crippen LogP contribution >= 0.6 is 0 Å². The maximum atomic E-state index is 13.6. The number of rotatable bonds is 10. The van der Waals surface area contributed by atoms with Gasteiger partial charge in [0.2, 0.25) is 0 Å². The molecule has 0 amide bonds. The first-order valence-corrected chi connectivity index (χ1v) is 12.8. The number of nitrogens with one attached hydrogen (secondary N) is 2. The second kappa shape index (κ2) is 11.1. The summed E-state index contributed by atoms with van der Waals surface area (Å²) in [5.74, 6) is 0.484. The maximum absolute atomic E-state index is 13.6. The molecule has 0 saturated carbocycles. The Kier molecular flexibility index (Phi) is 9.08. The van der Waals surface area contributed by atoms with Crippen LogP contribution in [0.2, 0.25) is 0 Å². The lowest BCUT2D eigenvalue weighted by Gasteiger charge is -2.23. The van der Waals surface area contributed by atoms with Crippen LogP contribution in [0.25, 0.3) is 5.70 Å². The Hall–Kier alpha value is -2.15. The van der Waals surface area contributed by atoms with Gasteiger partial charge in [-0.1, -0.05) is 84.0 Å². The van der Waals surface area contributed by atoms with Crippen molar-refractivity contribution in [2.45, 2.75) is 64.2 Å². The second-order valence-electron chi connectivity index (χ2n) is 9.47. The number of sulfonamides is 1. The minimum absolute atomic E-state index is 0.0793. The van der Waals surface area contributed by atoms with E-state index in [-0.39, 0.29) is 11.8 Å². The first-order valence-electron chi connectivity index (χ1n) is 11.3. The molecule has 176 valence electrons. The fourth-order valence-corrected chi connectivity index (χ4v) is 5.06. The second-order valence-corrected chi connectivity index (χ2v) is 11.1. The molecule has 2 aromatic carbocycles. The third kappa shape index (κ3) is 6.67. The highest BCUT2D eigenvalue weighted by Crippen LogP contribution is 2.35. The predicted octanol–water partition coefficient (Wildman–Crippen LogP) is 5.44. The Bertz CT molecular complexity index is 995. The van der Waals surface area contributed by atoms with Crippen LogP contribution in [0.5, 0.6) is 0 Å². The van der Waals surface area contributed by atoms with E-state index in [2.05, 4.69) is 36.2 Å². The van der Waals surface area contributed by atoms with E-state index in [0.29, 0.717) is 17.4 Å². The van der Waals surface area contributed by atoms with Crippen LogP contribution in [0.1, 0.15) is 81.5 Å². The van der Waals surface area contributed by atoms with E-state index in [1.54, 1.807) is 0 Å². The molecule has 0 aliphatic carbocycles. The largest absolute Gasteiger partial charge is 0.308 e. The summed E-state index contributed by atoms with van der Waals surface area (Å²) < 4.78 is 27.3. The van der Waals surface area contributed by atoms with Crippen molar-refractivity contribution >= 4 is 15.7 Å². The topological polar surface area (TPSA) is 61.4 Å². The van der Waals surface area contributed by atoms with Crippen LogP contribution in [-0.4, -0.2) is 34.0 Å². The Morgan fingerprint density at radius 3 is 1.88 bits per heavy atom. The zero-order valence-electron chi connectivity index (χ0n) is 20.7. The highest BCUT2D eigenvalue weighted by atomic mass is 32.2. The Morgan fingerprint density at radius 2 is 1.44 bits per heavy atom. The minimum atomic E-state index is -3.81. The van der Waals surface area contributed by atoms with Gasteiger partial charge in [-0.25, -0.2) is 8.42 Å². The van der Waals surface area contributed by atoms with Crippen molar-refractivity contribution in [1.29, 1.82) is 0 Å². The average Bonchev–Trinajstić information content (AvgIpc) is 2.73. The van der Waals surface area contributed by atoms with E-state index >= 15 is 0 Å².